The molecule has 2 saturated heterocycles. The van der Waals surface area contributed by atoms with E-state index < -0.39 is 65.6 Å². The van der Waals surface area contributed by atoms with E-state index in [4.69, 9.17) is 35.0 Å². The number of halogens is 2. The lowest BCUT2D eigenvalue weighted by Gasteiger charge is -2.38. The number of benzene rings is 3. The van der Waals surface area contributed by atoms with Crippen LogP contribution in [-0.4, -0.2) is 153 Å². The van der Waals surface area contributed by atoms with Gasteiger partial charge in [0.25, 0.3) is 11.7 Å². The van der Waals surface area contributed by atoms with Crippen molar-refractivity contribution in [1.82, 2.24) is 24.7 Å². The zero-order valence-corrected chi connectivity index (χ0v) is 56.0. The van der Waals surface area contributed by atoms with Gasteiger partial charge in [0.05, 0.1) is 35.4 Å². The van der Waals surface area contributed by atoms with Crippen LogP contribution in [0.4, 0.5) is 15.9 Å². The number of fused-ring (bicyclic) bond motifs is 2. The van der Waals surface area contributed by atoms with Gasteiger partial charge in [-0.05, 0) is 169 Å². The number of aromatic nitrogens is 2. The number of hydrogen-bond acceptors (Lipinski definition) is 17. The van der Waals surface area contributed by atoms with Gasteiger partial charge in [-0.15, -0.1) is 0 Å². The fourth-order valence-electron chi connectivity index (χ4n) is 13.7. The molecular weight excluding hydrogens is 1220 g/mol. The van der Waals surface area contributed by atoms with Crippen LogP contribution in [0.25, 0.3) is 22.2 Å². The van der Waals surface area contributed by atoms with Crippen LogP contribution in [0.3, 0.4) is 0 Å². The van der Waals surface area contributed by atoms with Gasteiger partial charge in [0, 0.05) is 94.2 Å². The SMILES string of the molecule is CO[C@@H]1CCCCC/C(C)=C/[C@@H](CCCC(=O)N2CCN(Cc3ccc(-c4ccc5ncnc(Nc6ccc(OCc7cccc(F)c7)c(Cl)c6)c5c4)o3)CC2)C(=O)C[C@H](O)[C@@H](C)[C@@H](/C(C)=C/[C@@H]2CCC[C@H](OC)C2)OC(=O)[C@@H]2CCCCN2C(=O)C(=O)C(O)(O)[C@H](C)C1. The van der Waals surface area contributed by atoms with Crippen molar-refractivity contribution in [2.45, 2.75) is 186 Å². The largest absolute Gasteiger partial charge is 0.487 e. The molecule has 94 heavy (non-hydrogen) atoms. The summed E-state index contributed by atoms with van der Waals surface area (Å²) in [4.78, 5) is 85.2. The molecule has 0 bridgehead atoms. The highest BCUT2D eigenvalue weighted by Crippen LogP contribution is 2.36. The Bertz CT molecular complexity index is 3480. The molecule has 3 aromatic carbocycles. The molecule has 5 aromatic rings. The van der Waals surface area contributed by atoms with Gasteiger partial charge in [-0.25, -0.2) is 19.2 Å². The van der Waals surface area contributed by atoms with Crippen molar-refractivity contribution < 1.29 is 67.0 Å². The van der Waals surface area contributed by atoms with Crippen molar-refractivity contribution in [2.24, 2.45) is 23.7 Å². The molecule has 0 spiro atoms. The molecule has 5 heterocycles. The molecule has 1 aliphatic carbocycles. The lowest BCUT2D eigenvalue weighted by atomic mass is 9.82. The first-order valence-electron chi connectivity index (χ1n) is 33.6. The van der Waals surface area contributed by atoms with Crippen LogP contribution in [0, 0.1) is 29.5 Å². The van der Waals surface area contributed by atoms with E-state index in [0.29, 0.717) is 110 Å². The number of carbonyl (C=O) groups excluding carboxylic acids is 5. The Morgan fingerprint density at radius 2 is 1.63 bits per heavy atom. The molecule has 2 aromatic heterocycles. The molecular formula is C73H94ClFN6O13. The number of methoxy groups -OCH3 is 2. The van der Waals surface area contributed by atoms with E-state index in [2.05, 4.69) is 26.3 Å². The standard InChI is InChI=1S/C73H94ClFN6O13/c1-46-15-8-7-9-20-56(90-5)37-48(3)73(88,89)69(85)71(86)81-30-11-10-22-62(81)72(87)94-68(47(2)36-50-16-13-21-57(39-50)91-6)49(4)63(82)42-64(83)52(35-46)18-14-23-67(84)80-33-31-79(32-34-80)43-58-26-29-65(93-58)53-24-27-61-59(40-53)70(77-45-76-61)78-55-25-28-66(60(74)41-55)92-44-51-17-12-19-54(75)38-51/h12,17,19,24-29,35-36,38,40-41,45,48-50,52,56-57,62-63,68,82,88-89H,7-11,13-16,18,20-23,30-34,37,39,42-44H2,1-6H3,(H,76,77,78)/b46-35+,47-36+/t48-,49-,50+,52-,56-,57+,62+,63+,68-/m1/s1. The molecule has 0 radical (unpaired) electrons. The van der Waals surface area contributed by atoms with Gasteiger partial charge >= 0.3 is 5.97 Å². The first kappa shape index (κ1) is 71.4. The molecule has 9 atom stereocenters. The van der Waals surface area contributed by atoms with Crippen LogP contribution in [0.1, 0.15) is 148 Å². The minimum atomic E-state index is -3.02. The number of Topliss-reactive ketones (excluding diaryl/α,β-unsaturated/α-hetero) is 2. The minimum absolute atomic E-state index is 0.00787. The number of allylic oxidation sites excluding steroid dienone is 3. The molecule has 3 fully saturated rings. The summed E-state index contributed by atoms with van der Waals surface area (Å²) in [5, 5.41) is 39.3. The molecule has 2 amide bonds. The van der Waals surface area contributed by atoms with E-state index in [1.54, 1.807) is 38.3 Å². The second-order valence-electron chi connectivity index (χ2n) is 26.4. The number of piperazine rings is 1. The van der Waals surface area contributed by atoms with Gasteiger partial charge in [0.2, 0.25) is 11.7 Å². The predicted octanol–water partition coefficient (Wildman–Crippen LogP) is 12.0. The number of hydrogen-bond donors (Lipinski definition) is 4. The summed E-state index contributed by atoms with van der Waals surface area (Å²) in [6, 6.07) is 20.1. The maximum Gasteiger partial charge on any atom is 0.329 e. The number of nitrogens with one attached hydrogen (secondary N) is 1. The van der Waals surface area contributed by atoms with E-state index in [1.807, 2.05) is 61.2 Å². The predicted molar refractivity (Wildman–Crippen MR) is 356 cm³/mol. The van der Waals surface area contributed by atoms with Crippen molar-refractivity contribution in [2.75, 3.05) is 52.3 Å². The van der Waals surface area contributed by atoms with E-state index in [1.165, 1.54) is 32.5 Å². The summed E-state index contributed by atoms with van der Waals surface area (Å²) in [7, 11) is 3.22. The van der Waals surface area contributed by atoms with Crippen LogP contribution in [-0.2, 0) is 51.3 Å². The zero-order valence-electron chi connectivity index (χ0n) is 55.2. The number of nitrogens with zero attached hydrogens (tertiary/aromatic N) is 5. The molecule has 508 valence electrons. The third kappa shape index (κ3) is 19.0. The molecule has 9 rings (SSSR count). The number of anilines is 2. The highest BCUT2D eigenvalue weighted by Gasteiger charge is 2.48. The molecule has 3 aliphatic heterocycles. The van der Waals surface area contributed by atoms with Crippen LogP contribution < -0.4 is 10.1 Å². The van der Waals surface area contributed by atoms with Gasteiger partial charge in [0.15, 0.2) is 0 Å². The fourth-order valence-corrected chi connectivity index (χ4v) is 13.9. The molecule has 1 saturated carbocycles. The molecule has 19 nitrogen and oxygen atoms in total. The van der Waals surface area contributed by atoms with E-state index in [0.717, 1.165) is 77.6 Å². The normalized spacial score (nSPS) is 26.1. The molecule has 4 N–H and O–H groups in total. The third-order valence-electron chi connectivity index (χ3n) is 19.5. The number of piperidine rings is 1. The quantitative estimate of drug-likeness (QED) is 0.0310. The summed E-state index contributed by atoms with van der Waals surface area (Å²) in [5.74, 6) is -6.83. The number of esters is 1. The summed E-state index contributed by atoms with van der Waals surface area (Å²) in [6.07, 6.45) is 12.1. The smallest absolute Gasteiger partial charge is 0.329 e. The minimum Gasteiger partial charge on any atom is -0.487 e. The number of aliphatic hydroxyl groups is 3. The van der Waals surface area contributed by atoms with Crippen molar-refractivity contribution in [3.63, 3.8) is 0 Å². The number of ether oxygens (including phenoxy) is 4. The van der Waals surface area contributed by atoms with Crippen molar-refractivity contribution >= 4 is 63.4 Å². The van der Waals surface area contributed by atoms with Gasteiger partial charge in [-0.1, -0.05) is 74.6 Å². The second-order valence-corrected chi connectivity index (χ2v) is 26.8. The van der Waals surface area contributed by atoms with Crippen molar-refractivity contribution in [3.8, 4) is 17.1 Å². The maximum absolute atomic E-state index is 14.7. The first-order valence-corrected chi connectivity index (χ1v) is 34.0. The Labute approximate surface area is 556 Å². The topological polar surface area (TPSA) is 244 Å². The Hall–Kier alpha value is -6.91. The number of furan rings is 1. The Morgan fingerprint density at radius 3 is 2.39 bits per heavy atom. The molecule has 0 unspecified atom stereocenters. The lowest BCUT2D eigenvalue weighted by Crippen LogP contribution is -2.58. The number of rotatable bonds is 16. The van der Waals surface area contributed by atoms with E-state index in [-0.39, 0.29) is 68.4 Å². The molecule has 21 heteroatoms. The molecule has 4 aliphatic rings. The summed E-state index contributed by atoms with van der Waals surface area (Å²) < 4.78 is 43.8. The summed E-state index contributed by atoms with van der Waals surface area (Å²) in [5.41, 5.74) is 4.61. The Balaban J connectivity index is 0.827. The summed E-state index contributed by atoms with van der Waals surface area (Å²) in [6.45, 7) is 10.2. The van der Waals surface area contributed by atoms with Crippen LogP contribution in [0.2, 0.25) is 5.02 Å². The van der Waals surface area contributed by atoms with Gasteiger partial charge in [-0.2, -0.15) is 0 Å². The van der Waals surface area contributed by atoms with Crippen LogP contribution in [0.5, 0.6) is 5.75 Å². The highest BCUT2D eigenvalue weighted by molar-refractivity contribution is 6.39. The number of aliphatic hydroxyl groups excluding tert-OH is 1. The van der Waals surface area contributed by atoms with Crippen LogP contribution in [0.15, 0.2) is 107 Å². The van der Waals surface area contributed by atoms with Gasteiger partial charge in [-0.3, -0.25) is 24.1 Å². The Morgan fingerprint density at radius 1 is 0.862 bits per heavy atom. The first-order chi connectivity index (χ1) is 45.2. The monoisotopic (exact) mass is 1320 g/mol. The van der Waals surface area contributed by atoms with E-state index in [9.17, 15) is 43.7 Å². The Kier molecular flexibility index (Phi) is 25.6. The van der Waals surface area contributed by atoms with Gasteiger partial charge < -0.3 is 53.8 Å². The van der Waals surface area contributed by atoms with Crippen LogP contribution >= 0.6 is 11.6 Å². The van der Waals surface area contributed by atoms with Gasteiger partial charge in [0.1, 0.15) is 59.8 Å². The fraction of sp³-hybridized carbons (Fsp3) is 0.548. The average Bonchev–Trinajstić information content (AvgIpc) is 1.08. The third-order valence-corrected chi connectivity index (χ3v) is 19.7. The second kappa shape index (κ2) is 33.7. The average molecular weight is 1320 g/mol. The number of cyclic esters (lactones) is 1. The lowest BCUT2D eigenvalue weighted by molar-refractivity contribution is -0.208. The highest BCUT2D eigenvalue weighted by atomic mass is 35.5. The number of ketones is 2. The maximum atomic E-state index is 14.7. The zero-order chi connectivity index (χ0) is 67.1. The number of amides is 2. The van der Waals surface area contributed by atoms with Crippen molar-refractivity contribution in [1.29, 1.82) is 0 Å². The van der Waals surface area contributed by atoms with E-state index >= 15 is 0 Å². The number of carbonyl (C=O) groups is 5. The summed E-state index contributed by atoms with van der Waals surface area (Å²) >= 11 is 6.63. The van der Waals surface area contributed by atoms with Crippen molar-refractivity contribution in [3.05, 3.63) is 125 Å².